The Morgan fingerprint density at radius 2 is 1.68 bits per heavy atom. The molecule has 1 aromatic rings. The van der Waals surface area contributed by atoms with Crippen molar-refractivity contribution in [2.75, 3.05) is 51.1 Å². The lowest BCUT2D eigenvalue weighted by molar-refractivity contribution is -0.124. The second-order valence-electron chi connectivity index (χ2n) is 7.25. The Kier molecular flexibility index (Phi) is 4.30. The molecule has 0 unspecified atom stereocenters. The van der Waals surface area contributed by atoms with E-state index in [4.69, 9.17) is 4.98 Å². The summed E-state index contributed by atoms with van der Waals surface area (Å²) in [4.78, 5) is 32.4. The highest BCUT2D eigenvalue weighted by molar-refractivity contribution is 6.07. The Bertz CT molecular complexity index is 718. The minimum absolute atomic E-state index is 0.0143. The van der Waals surface area contributed by atoms with Crippen LogP contribution in [0.25, 0.3) is 0 Å². The van der Waals surface area contributed by atoms with E-state index in [1.165, 1.54) is 0 Å². The lowest BCUT2D eigenvalue weighted by Crippen LogP contribution is -2.49. The molecule has 0 atom stereocenters. The van der Waals surface area contributed by atoms with Crippen LogP contribution >= 0.6 is 0 Å². The highest BCUT2D eigenvalue weighted by atomic mass is 16.2. The van der Waals surface area contributed by atoms with Crippen LogP contribution in [-0.2, 0) is 4.79 Å². The number of piperidine rings is 1. The van der Waals surface area contributed by atoms with Crippen LogP contribution in [0, 0.1) is 13.8 Å². The van der Waals surface area contributed by atoms with Gasteiger partial charge < -0.3 is 14.7 Å². The molecule has 0 radical (unpaired) electrons. The van der Waals surface area contributed by atoms with Crippen LogP contribution in [0.3, 0.4) is 0 Å². The van der Waals surface area contributed by atoms with Crippen LogP contribution in [0.1, 0.15) is 24.1 Å². The molecule has 0 bridgehead atoms. The van der Waals surface area contributed by atoms with E-state index in [1.807, 2.05) is 44.9 Å². The maximum absolute atomic E-state index is 12.5. The van der Waals surface area contributed by atoms with Gasteiger partial charge in [0.2, 0.25) is 11.9 Å². The molecule has 8 heteroatoms. The second kappa shape index (κ2) is 6.16. The summed E-state index contributed by atoms with van der Waals surface area (Å²) in [6.07, 6.45) is 1.38. The highest BCUT2D eigenvalue weighted by Gasteiger charge is 2.46. The minimum Gasteiger partial charge on any atom is -0.356 e. The number of hydrogen-bond donors (Lipinski definition) is 1. The second-order valence-corrected chi connectivity index (χ2v) is 7.25. The highest BCUT2D eigenvalue weighted by Crippen LogP contribution is 2.33. The van der Waals surface area contributed by atoms with Crippen LogP contribution in [0.15, 0.2) is 4.99 Å². The standard InChI is InChI=1S/C17H27N7O/c1-11-12(2)18-15(22(3)4)19-13(11)24-9-7-17(8-10-24)14(25)20-16(21-17)23(5)6/h7-10H2,1-6H3,(H,20,21,25). The largest absolute Gasteiger partial charge is 0.356 e. The van der Waals surface area contributed by atoms with Crippen LogP contribution in [-0.4, -0.2) is 73.6 Å². The molecule has 1 N–H and O–H groups in total. The number of rotatable bonds is 2. The van der Waals surface area contributed by atoms with Crippen molar-refractivity contribution >= 4 is 23.6 Å². The Hall–Kier alpha value is -2.38. The summed E-state index contributed by atoms with van der Waals surface area (Å²) in [6.45, 7) is 5.57. The van der Waals surface area contributed by atoms with Crippen molar-refractivity contribution in [2.24, 2.45) is 4.99 Å². The Morgan fingerprint density at radius 1 is 1.04 bits per heavy atom. The fourth-order valence-electron chi connectivity index (χ4n) is 3.25. The monoisotopic (exact) mass is 345 g/mol. The summed E-state index contributed by atoms with van der Waals surface area (Å²) in [7, 11) is 7.67. The lowest BCUT2D eigenvalue weighted by atomic mass is 9.88. The van der Waals surface area contributed by atoms with Crippen molar-refractivity contribution in [1.82, 2.24) is 20.2 Å². The van der Waals surface area contributed by atoms with Crippen molar-refractivity contribution in [3.63, 3.8) is 0 Å². The first-order valence-electron chi connectivity index (χ1n) is 8.60. The fourth-order valence-corrected chi connectivity index (χ4v) is 3.25. The van der Waals surface area contributed by atoms with Gasteiger partial charge in [-0.05, 0) is 26.7 Å². The Labute approximate surface area is 148 Å². The fraction of sp³-hybridized carbons (Fsp3) is 0.647. The van der Waals surface area contributed by atoms with Crippen LogP contribution < -0.4 is 15.1 Å². The van der Waals surface area contributed by atoms with Gasteiger partial charge in [0, 0.05) is 52.5 Å². The van der Waals surface area contributed by atoms with E-state index in [1.54, 1.807) is 0 Å². The number of carbonyl (C=O) groups excluding carboxylic acids is 1. The number of nitrogens with zero attached hydrogens (tertiary/aromatic N) is 6. The van der Waals surface area contributed by atoms with E-state index < -0.39 is 5.54 Å². The van der Waals surface area contributed by atoms with Crippen LogP contribution in [0.2, 0.25) is 0 Å². The van der Waals surface area contributed by atoms with Gasteiger partial charge in [-0.15, -0.1) is 0 Å². The van der Waals surface area contributed by atoms with Gasteiger partial charge in [-0.2, -0.15) is 4.98 Å². The molecule has 1 spiro atoms. The molecule has 8 nitrogen and oxygen atoms in total. The minimum atomic E-state index is -0.629. The smallest absolute Gasteiger partial charge is 0.254 e. The Balaban J connectivity index is 1.83. The average molecular weight is 345 g/mol. The molecule has 3 rings (SSSR count). The molecule has 25 heavy (non-hydrogen) atoms. The summed E-state index contributed by atoms with van der Waals surface area (Å²) in [5.41, 5.74) is 1.45. The molecule has 0 aliphatic carbocycles. The molecule has 1 fully saturated rings. The number of carbonyl (C=O) groups is 1. The predicted octanol–water partition coefficient (Wildman–Crippen LogP) is 0.546. The van der Waals surface area contributed by atoms with Gasteiger partial charge in [-0.3, -0.25) is 10.1 Å². The van der Waals surface area contributed by atoms with Gasteiger partial charge in [0.05, 0.1) is 0 Å². The molecule has 3 heterocycles. The average Bonchev–Trinajstić information content (AvgIpc) is 2.88. The predicted molar refractivity (Wildman–Crippen MR) is 99.3 cm³/mol. The normalized spacial score (nSPS) is 19.0. The van der Waals surface area contributed by atoms with Crippen LogP contribution in [0.4, 0.5) is 11.8 Å². The third-order valence-electron chi connectivity index (χ3n) is 5.03. The maximum atomic E-state index is 12.5. The zero-order chi connectivity index (χ0) is 18.4. The number of aliphatic imine (C=N–C) groups is 1. The molecule has 1 aromatic heterocycles. The van der Waals surface area contributed by atoms with Crippen molar-refractivity contribution in [1.29, 1.82) is 0 Å². The summed E-state index contributed by atoms with van der Waals surface area (Å²) in [5, 5.41) is 2.90. The number of aryl methyl sites for hydroxylation is 1. The van der Waals surface area contributed by atoms with Gasteiger partial charge in [0.15, 0.2) is 0 Å². The van der Waals surface area contributed by atoms with Gasteiger partial charge in [0.1, 0.15) is 11.4 Å². The van der Waals surface area contributed by atoms with Crippen molar-refractivity contribution in [3.8, 4) is 0 Å². The van der Waals surface area contributed by atoms with E-state index in [0.29, 0.717) is 24.7 Å². The third-order valence-corrected chi connectivity index (χ3v) is 5.03. The third kappa shape index (κ3) is 3.01. The molecule has 2 aliphatic heterocycles. The van der Waals surface area contributed by atoms with Gasteiger partial charge in [-0.1, -0.05) is 0 Å². The lowest BCUT2D eigenvalue weighted by Gasteiger charge is -2.37. The number of nitrogens with one attached hydrogen (secondary N) is 1. The molecule has 0 aromatic carbocycles. The molecule has 136 valence electrons. The summed E-state index contributed by atoms with van der Waals surface area (Å²) < 4.78 is 0. The topological polar surface area (TPSA) is 77.0 Å². The van der Waals surface area contributed by atoms with E-state index >= 15 is 0 Å². The van der Waals surface area contributed by atoms with Crippen molar-refractivity contribution in [3.05, 3.63) is 11.3 Å². The molecule has 0 saturated carbocycles. The maximum Gasteiger partial charge on any atom is 0.254 e. The molecule has 1 saturated heterocycles. The molecule has 1 amide bonds. The zero-order valence-corrected chi connectivity index (χ0v) is 15.9. The van der Waals surface area contributed by atoms with Crippen molar-refractivity contribution < 1.29 is 4.79 Å². The van der Waals surface area contributed by atoms with Gasteiger partial charge >= 0.3 is 0 Å². The van der Waals surface area contributed by atoms with Gasteiger partial charge in [-0.25, -0.2) is 9.98 Å². The molecular weight excluding hydrogens is 318 g/mol. The van der Waals surface area contributed by atoms with Gasteiger partial charge in [0.25, 0.3) is 5.91 Å². The quantitative estimate of drug-likeness (QED) is 0.843. The van der Waals surface area contributed by atoms with Crippen LogP contribution in [0.5, 0.6) is 0 Å². The first-order valence-corrected chi connectivity index (χ1v) is 8.60. The number of guanidine groups is 1. The van der Waals surface area contributed by atoms with E-state index in [9.17, 15) is 4.79 Å². The van der Waals surface area contributed by atoms with E-state index in [2.05, 4.69) is 27.1 Å². The summed E-state index contributed by atoms with van der Waals surface area (Å²) in [6, 6.07) is 0. The van der Waals surface area contributed by atoms with E-state index in [-0.39, 0.29) is 5.91 Å². The first-order chi connectivity index (χ1) is 11.7. The first kappa shape index (κ1) is 17.4. The van der Waals surface area contributed by atoms with Crippen molar-refractivity contribution in [2.45, 2.75) is 32.2 Å². The summed E-state index contributed by atoms with van der Waals surface area (Å²) >= 11 is 0. The summed E-state index contributed by atoms with van der Waals surface area (Å²) in [5.74, 6) is 2.34. The number of amides is 1. The number of hydrogen-bond acceptors (Lipinski definition) is 7. The number of aromatic nitrogens is 2. The zero-order valence-electron chi connectivity index (χ0n) is 15.9. The molecular formula is C17H27N7O. The van der Waals surface area contributed by atoms with E-state index in [0.717, 1.165) is 30.2 Å². The number of anilines is 2. The Morgan fingerprint density at radius 3 is 2.20 bits per heavy atom. The molecule has 2 aliphatic rings. The SMILES string of the molecule is Cc1nc(N(C)C)nc(N2CCC3(CC2)N=C(N(C)C)NC3=O)c1C.